The second-order valence-electron chi connectivity index (χ2n) is 4.72. The average Bonchev–Trinajstić information content (AvgIpc) is 2.46. The minimum atomic E-state index is 0.752. The largest absolute Gasteiger partial charge is 0.493 e. The number of para-hydroxylation sites is 2. The highest BCUT2D eigenvalue weighted by Crippen LogP contribution is 2.16. The first kappa shape index (κ1) is 13.5. The van der Waals surface area contributed by atoms with E-state index in [1.54, 1.807) is 0 Å². The van der Waals surface area contributed by atoms with Crippen LogP contribution in [-0.4, -0.2) is 20.2 Å². The molecule has 0 aliphatic rings. The lowest BCUT2D eigenvalue weighted by molar-refractivity contribution is 0.310. The maximum atomic E-state index is 5.80. The van der Waals surface area contributed by atoms with Gasteiger partial charge in [-0.05, 0) is 37.1 Å². The van der Waals surface area contributed by atoms with Crippen LogP contribution in [0, 0.1) is 6.92 Å². The number of ether oxygens (including phenoxy) is 1. The quantitative estimate of drug-likeness (QED) is 0.726. The van der Waals surface area contributed by atoms with Crippen molar-refractivity contribution < 1.29 is 4.74 Å². The molecule has 0 radical (unpaired) electrons. The van der Waals surface area contributed by atoms with Crippen molar-refractivity contribution in [2.75, 3.05) is 25.1 Å². The Morgan fingerprint density at radius 3 is 2.37 bits per heavy atom. The normalized spacial score (nSPS) is 10.2. The van der Waals surface area contributed by atoms with Crippen LogP contribution in [0.3, 0.4) is 0 Å². The van der Waals surface area contributed by atoms with Crippen molar-refractivity contribution in [1.29, 1.82) is 0 Å². The molecule has 100 valence electrons. The van der Waals surface area contributed by atoms with Crippen molar-refractivity contribution in [3.05, 3.63) is 60.2 Å². The fraction of sp³-hybridized carbons (Fsp3) is 0.294. The Kier molecular flexibility index (Phi) is 4.85. The van der Waals surface area contributed by atoms with Crippen LogP contribution in [-0.2, 0) is 0 Å². The summed E-state index contributed by atoms with van der Waals surface area (Å²) in [5, 5.41) is 0. The van der Waals surface area contributed by atoms with Gasteiger partial charge >= 0.3 is 0 Å². The molecular formula is C17H21NO. The molecule has 0 N–H and O–H groups in total. The Morgan fingerprint density at radius 1 is 0.947 bits per heavy atom. The van der Waals surface area contributed by atoms with E-state index in [9.17, 15) is 0 Å². The van der Waals surface area contributed by atoms with Gasteiger partial charge in [-0.3, -0.25) is 0 Å². The molecule has 2 aromatic rings. The number of anilines is 1. The molecule has 2 aromatic carbocycles. The van der Waals surface area contributed by atoms with Crippen LogP contribution >= 0.6 is 0 Å². The lowest BCUT2D eigenvalue weighted by Gasteiger charge is -2.19. The standard InChI is InChI=1S/C17H21NO/c1-15-9-6-7-12-17(15)19-14-8-13-18(2)16-10-4-3-5-11-16/h3-7,9-12H,8,13-14H2,1-2H3. The molecule has 2 rings (SSSR count). The summed E-state index contributed by atoms with van der Waals surface area (Å²) in [5.41, 5.74) is 2.44. The van der Waals surface area contributed by atoms with E-state index in [2.05, 4.69) is 49.2 Å². The highest BCUT2D eigenvalue weighted by atomic mass is 16.5. The van der Waals surface area contributed by atoms with E-state index < -0.39 is 0 Å². The van der Waals surface area contributed by atoms with Crippen LogP contribution in [0.1, 0.15) is 12.0 Å². The number of benzene rings is 2. The van der Waals surface area contributed by atoms with Gasteiger partial charge in [0, 0.05) is 19.3 Å². The van der Waals surface area contributed by atoms with Crippen molar-refractivity contribution in [3.8, 4) is 5.75 Å². The molecule has 0 saturated carbocycles. The summed E-state index contributed by atoms with van der Waals surface area (Å²) in [6.07, 6.45) is 1.01. The lowest BCUT2D eigenvalue weighted by Crippen LogP contribution is -2.20. The van der Waals surface area contributed by atoms with E-state index in [0.29, 0.717) is 0 Å². The SMILES string of the molecule is Cc1ccccc1OCCCN(C)c1ccccc1. The Labute approximate surface area is 115 Å². The van der Waals surface area contributed by atoms with Gasteiger partial charge in [0.25, 0.3) is 0 Å². The van der Waals surface area contributed by atoms with Crippen molar-refractivity contribution >= 4 is 5.69 Å². The molecule has 19 heavy (non-hydrogen) atoms. The van der Waals surface area contributed by atoms with E-state index in [4.69, 9.17) is 4.74 Å². The first-order valence-corrected chi connectivity index (χ1v) is 6.72. The molecule has 0 fully saturated rings. The van der Waals surface area contributed by atoms with Crippen molar-refractivity contribution in [2.24, 2.45) is 0 Å². The summed E-state index contributed by atoms with van der Waals surface area (Å²) in [4.78, 5) is 2.25. The highest BCUT2D eigenvalue weighted by Gasteiger charge is 2.01. The van der Waals surface area contributed by atoms with Crippen LogP contribution in [0.25, 0.3) is 0 Å². The minimum Gasteiger partial charge on any atom is -0.493 e. The molecule has 0 aromatic heterocycles. The number of hydrogen-bond donors (Lipinski definition) is 0. The maximum absolute atomic E-state index is 5.80. The van der Waals surface area contributed by atoms with E-state index in [0.717, 1.165) is 25.3 Å². The molecule has 0 spiro atoms. The zero-order chi connectivity index (χ0) is 13.5. The highest BCUT2D eigenvalue weighted by molar-refractivity contribution is 5.44. The maximum Gasteiger partial charge on any atom is 0.122 e. The van der Waals surface area contributed by atoms with Gasteiger partial charge in [0.2, 0.25) is 0 Å². The third-order valence-electron chi connectivity index (χ3n) is 3.19. The summed E-state index contributed by atoms with van der Waals surface area (Å²) in [5.74, 6) is 0.991. The van der Waals surface area contributed by atoms with Gasteiger partial charge in [0.1, 0.15) is 5.75 Å². The van der Waals surface area contributed by atoms with Crippen LogP contribution in [0.2, 0.25) is 0 Å². The second kappa shape index (κ2) is 6.83. The summed E-state index contributed by atoms with van der Waals surface area (Å²) in [6, 6.07) is 18.6. The summed E-state index contributed by atoms with van der Waals surface area (Å²) in [7, 11) is 2.11. The van der Waals surface area contributed by atoms with Gasteiger partial charge < -0.3 is 9.64 Å². The zero-order valence-electron chi connectivity index (χ0n) is 11.7. The topological polar surface area (TPSA) is 12.5 Å². The summed E-state index contributed by atoms with van der Waals surface area (Å²) < 4.78 is 5.80. The monoisotopic (exact) mass is 255 g/mol. The molecule has 0 saturated heterocycles. The van der Waals surface area contributed by atoms with Crippen LogP contribution in [0.4, 0.5) is 5.69 Å². The van der Waals surface area contributed by atoms with Gasteiger partial charge in [-0.25, -0.2) is 0 Å². The van der Waals surface area contributed by atoms with E-state index in [-0.39, 0.29) is 0 Å². The molecule has 0 atom stereocenters. The fourth-order valence-electron chi connectivity index (χ4n) is 2.01. The van der Waals surface area contributed by atoms with Crippen molar-refractivity contribution in [1.82, 2.24) is 0 Å². The third-order valence-corrected chi connectivity index (χ3v) is 3.19. The number of aryl methyl sites for hydroxylation is 1. The lowest BCUT2D eigenvalue weighted by atomic mass is 10.2. The fourth-order valence-corrected chi connectivity index (χ4v) is 2.01. The minimum absolute atomic E-state index is 0.752. The van der Waals surface area contributed by atoms with Gasteiger partial charge in [-0.1, -0.05) is 36.4 Å². The van der Waals surface area contributed by atoms with E-state index >= 15 is 0 Å². The molecule has 0 bridgehead atoms. The van der Waals surface area contributed by atoms with Crippen molar-refractivity contribution in [3.63, 3.8) is 0 Å². The Balaban J connectivity index is 1.74. The molecule has 2 heteroatoms. The average molecular weight is 255 g/mol. The summed E-state index contributed by atoms with van der Waals surface area (Å²) in [6.45, 7) is 3.82. The molecule has 0 unspecified atom stereocenters. The van der Waals surface area contributed by atoms with Gasteiger partial charge in [0.15, 0.2) is 0 Å². The van der Waals surface area contributed by atoms with Crippen LogP contribution < -0.4 is 9.64 Å². The van der Waals surface area contributed by atoms with E-state index in [1.165, 1.54) is 11.3 Å². The Hall–Kier alpha value is -1.96. The van der Waals surface area contributed by atoms with Crippen molar-refractivity contribution in [2.45, 2.75) is 13.3 Å². The number of nitrogens with zero attached hydrogens (tertiary/aromatic N) is 1. The Bertz CT molecular complexity index is 496. The first-order chi connectivity index (χ1) is 9.27. The molecular weight excluding hydrogens is 234 g/mol. The summed E-state index contributed by atoms with van der Waals surface area (Å²) >= 11 is 0. The van der Waals surface area contributed by atoms with Gasteiger partial charge in [-0.2, -0.15) is 0 Å². The molecule has 0 amide bonds. The zero-order valence-corrected chi connectivity index (χ0v) is 11.7. The predicted octanol–water partition coefficient (Wildman–Crippen LogP) is 3.90. The molecule has 0 heterocycles. The first-order valence-electron chi connectivity index (χ1n) is 6.72. The van der Waals surface area contributed by atoms with Crippen LogP contribution in [0.5, 0.6) is 5.75 Å². The second-order valence-corrected chi connectivity index (χ2v) is 4.72. The van der Waals surface area contributed by atoms with Crippen LogP contribution in [0.15, 0.2) is 54.6 Å². The number of rotatable bonds is 6. The smallest absolute Gasteiger partial charge is 0.122 e. The van der Waals surface area contributed by atoms with Gasteiger partial charge in [0.05, 0.1) is 6.61 Å². The number of hydrogen-bond acceptors (Lipinski definition) is 2. The third kappa shape index (κ3) is 4.02. The Morgan fingerprint density at radius 2 is 1.63 bits per heavy atom. The van der Waals surface area contributed by atoms with Gasteiger partial charge in [-0.15, -0.1) is 0 Å². The van der Waals surface area contributed by atoms with E-state index in [1.807, 2.05) is 24.3 Å². The molecule has 2 nitrogen and oxygen atoms in total. The molecule has 0 aliphatic heterocycles. The predicted molar refractivity (Wildman–Crippen MR) is 81.0 cm³/mol. The molecule has 0 aliphatic carbocycles.